The van der Waals surface area contributed by atoms with Crippen molar-refractivity contribution in [3.8, 4) is 0 Å². The van der Waals surface area contributed by atoms with E-state index < -0.39 is 11.3 Å². The number of aromatic nitrogens is 2. The highest BCUT2D eigenvalue weighted by Gasteiger charge is 2.45. The van der Waals surface area contributed by atoms with E-state index in [2.05, 4.69) is 4.90 Å². The Balaban J connectivity index is 1.17. The fraction of sp³-hybridized carbons (Fsp3) is 0.500. The third-order valence-corrected chi connectivity index (χ3v) is 8.57. The fourth-order valence-corrected chi connectivity index (χ4v) is 6.29. The van der Waals surface area contributed by atoms with Gasteiger partial charge < -0.3 is 14.5 Å². The van der Waals surface area contributed by atoms with Crippen LogP contribution < -0.4 is 15.4 Å². The molecule has 0 aliphatic carbocycles. The molecule has 0 bridgehead atoms. The number of likely N-dealkylation sites (N-methyl/N-ethyl adjacent to an activating group) is 1. The molecule has 0 unspecified atom stereocenters. The monoisotopic (exact) mass is 551 g/mol. The summed E-state index contributed by atoms with van der Waals surface area (Å²) >= 11 is 0. The highest BCUT2D eigenvalue weighted by Crippen LogP contribution is 2.41. The van der Waals surface area contributed by atoms with Crippen molar-refractivity contribution < 1.29 is 18.3 Å². The Labute approximate surface area is 232 Å². The van der Waals surface area contributed by atoms with Crippen LogP contribution in [0.15, 0.2) is 41.2 Å². The first kappa shape index (κ1) is 26.8. The zero-order chi connectivity index (χ0) is 28.4. The van der Waals surface area contributed by atoms with Crippen LogP contribution in [-0.4, -0.2) is 78.8 Å². The first-order chi connectivity index (χ1) is 18.9. The number of ether oxygens (including phenoxy) is 1. The van der Waals surface area contributed by atoms with E-state index in [1.165, 1.54) is 0 Å². The van der Waals surface area contributed by atoms with Gasteiger partial charge in [-0.15, -0.1) is 0 Å². The maximum absolute atomic E-state index is 13.5. The van der Waals surface area contributed by atoms with Crippen LogP contribution in [0.1, 0.15) is 30.8 Å². The van der Waals surface area contributed by atoms with Gasteiger partial charge in [-0.25, -0.2) is 13.8 Å². The first-order valence-corrected chi connectivity index (χ1v) is 13.8. The Bertz CT molecular complexity index is 1540. The van der Waals surface area contributed by atoms with Gasteiger partial charge in [0.1, 0.15) is 5.82 Å². The molecule has 1 atom stereocenters. The number of benzene rings is 2. The standard InChI is InChI=1S/C30H35F2N5O3/c1-19-33-25-14-21(36-11-12-40-22(16-36)15-35-17-30(31,32)18-35)6-7-23(25)27(38)37(19)10-9-20-5-8-24-26(13-20)34(4)28(39)29(24,2)3/h5-8,13-14,22H,9-12,15-18H2,1-4H3/t22-/m0/s1. The van der Waals surface area contributed by atoms with Crippen LogP contribution in [0.2, 0.25) is 0 Å². The number of rotatable bonds is 6. The van der Waals surface area contributed by atoms with Gasteiger partial charge in [-0.2, -0.15) is 0 Å². The Morgan fingerprint density at radius 2 is 1.88 bits per heavy atom. The molecule has 8 nitrogen and oxygen atoms in total. The van der Waals surface area contributed by atoms with Crippen LogP contribution in [0.5, 0.6) is 0 Å². The van der Waals surface area contributed by atoms with Crippen LogP contribution in [0.3, 0.4) is 0 Å². The quantitative estimate of drug-likeness (QED) is 0.468. The number of aryl methyl sites for hydroxylation is 2. The second-order valence-corrected chi connectivity index (χ2v) is 11.9. The van der Waals surface area contributed by atoms with Gasteiger partial charge in [0.05, 0.1) is 42.1 Å². The van der Waals surface area contributed by atoms with Gasteiger partial charge in [-0.05, 0) is 62.6 Å². The van der Waals surface area contributed by atoms with Crippen molar-refractivity contribution in [3.63, 3.8) is 0 Å². The number of likely N-dealkylation sites (tertiary alicyclic amines) is 1. The number of hydrogen-bond donors (Lipinski definition) is 0. The molecule has 3 aliphatic heterocycles. The van der Waals surface area contributed by atoms with Crippen molar-refractivity contribution in [3.05, 3.63) is 63.7 Å². The number of nitrogens with zero attached hydrogens (tertiary/aromatic N) is 5. The van der Waals surface area contributed by atoms with Gasteiger partial charge >= 0.3 is 0 Å². The minimum absolute atomic E-state index is 0.0813. The van der Waals surface area contributed by atoms with Crippen LogP contribution >= 0.6 is 0 Å². The van der Waals surface area contributed by atoms with E-state index in [4.69, 9.17) is 9.72 Å². The minimum Gasteiger partial charge on any atom is -0.373 e. The van der Waals surface area contributed by atoms with Gasteiger partial charge in [0.2, 0.25) is 5.91 Å². The second kappa shape index (κ2) is 9.62. The lowest BCUT2D eigenvalue weighted by Crippen LogP contribution is -2.60. The van der Waals surface area contributed by atoms with Crippen LogP contribution in [-0.2, 0) is 27.9 Å². The lowest BCUT2D eigenvalue weighted by molar-refractivity contribution is -0.143. The number of amides is 1. The minimum atomic E-state index is -2.58. The SMILES string of the molecule is Cc1nc2cc(N3CCO[C@@H](CN4CC(F)(F)C4)C3)ccc2c(=O)n1CCc1ccc2c(c1)N(C)C(=O)C2(C)C. The second-order valence-electron chi connectivity index (χ2n) is 11.9. The average Bonchev–Trinajstić information content (AvgIpc) is 3.07. The van der Waals surface area contributed by atoms with E-state index in [0.717, 1.165) is 22.5 Å². The largest absolute Gasteiger partial charge is 0.373 e. The van der Waals surface area contributed by atoms with Crippen molar-refractivity contribution >= 4 is 28.2 Å². The summed E-state index contributed by atoms with van der Waals surface area (Å²) in [5.41, 5.74) is 3.97. The maximum Gasteiger partial charge on any atom is 0.272 e. The van der Waals surface area contributed by atoms with Crippen molar-refractivity contribution in [1.29, 1.82) is 0 Å². The molecule has 40 heavy (non-hydrogen) atoms. The number of halogens is 2. The molecule has 0 saturated carbocycles. The number of morpholine rings is 1. The number of carbonyl (C=O) groups is 1. The van der Waals surface area contributed by atoms with Crippen molar-refractivity contribution in [2.75, 3.05) is 56.2 Å². The number of carbonyl (C=O) groups excluding carboxylic acids is 1. The van der Waals surface area contributed by atoms with Crippen molar-refractivity contribution in [2.45, 2.75) is 51.2 Å². The lowest BCUT2D eigenvalue weighted by Gasteiger charge is -2.42. The van der Waals surface area contributed by atoms with Gasteiger partial charge in [0, 0.05) is 44.6 Å². The normalized spacial score (nSPS) is 22.1. The van der Waals surface area contributed by atoms with E-state index in [1.807, 2.05) is 57.2 Å². The van der Waals surface area contributed by atoms with Crippen LogP contribution in [0.4, 0.5) is 20.2 Å². The molecule has 1 amide bonds. The van der Waals surface area contributed by atoms with E-state index >= 15 is 0 Å². The first-order valence-electron chi connectivity index (χ1n) is 13.8. The van der Waals surface area contributed by atoms with Gasteiger partial charge in [0.15, 0.2) is 0 Å². The average molecular weight is 552 g/mol. The molecular weight excluding hydrogens is 516 g/mol. The summed E-state index contributed by atoms with van der Waals surface area (Å²) in [6.45, 7) is 8.09. The predicted molar refractivity (Wildman–Crippen MR) is 151 cm³/mol. The summed E-state index contributed by atoms with van der Waals surface area (Å²) in [6.07, 6.45) is 0.492. The number of alkyl halides is 2. The fourth-order valence-electron chi connectivity index (χ4n) is 6.29. The highest BCUT2D eigenvalue weighted by atomic mass is 19.3. The topological polar surface area (TPSA) is 70.9 Å². The van der Waals surface area contributed by atoms with Gasteiger partial charge in [0.25, 0.3) is 11.5 Å². The van der Waals surface area contributed by atoms with Crippen molar-refractivity contribution in [1.82, 2.24) is 14.5 Å². The van der Waals surface area contributed by atoms with Gasteiger partial charge in [-0.1, -0.05) is 12.1 Å². The molecule has 0 spiro atoms. The zero-order valence-corrected chi connectivity index (χ0v) is 23.4. The van der Waals surface area contributed by atoms with Crippen LogP contribution in [0.25, 0.3) is 10.9 Å². The summed E-state index contributed by atoms with van der Waals surface area (Å²) in [4.78, 5) is 36.5. The molecule has 4 heterocycles. The summed E-state index contributed by atoms with van der Waals surface area (Å²) in [6, 6.07) is 11.8. The predicted octanol–water partition coefficient (Wildman–Crippen LogP) is 3.36. The van der Waals surface area contributed by atoms with E-state index in [0.29, 0.717) is 55.9 Å². The summed E-state index contributed by atoms with van der Waals surface area (Å²) in [5.74, 6) is -1.86. The summed E-state index contributed by atoms with van der Waals surface area (Å²) in [7, 11) is 1.81. The van der Waals surface area contributed by atoms with Gasteiger partial charge in [-0.3, -0.25) is 19.1 Å². The molecule has 2 saturated heterocycles. The third kappa shape index (κ3) is 4.66. The molecule has 0 radical (unpaired) electrons. The zero-order valence-electron chi connectivity index (χ0n) is 23.4. The summed E-state index contributed by atoms with van der Waals surface area (Å²) in [5, 5.41) is 0.558. The Hall–Kier alpha value is -3.37. The third-order valence-electron chi connectivity index (χ3n) is 8.57. The molecular formula is C30H35F2N5O3. The van der Waals surface area contributed by atoms with Crippen LogP contribution in [0, 0.1) is 6.92 Å². The molecule has 6 rings (SSSR count). The molecule has 0 N–H and O–H groups in total. The van der Waals surface area contributed by atoms with E-state index in [1.54, 1.807) is 21.4 Å². The number of anilines is 2. The molecule has 212 valence electrons. The Kier molecular flexibility index (Phi) is 6.46. The Morgan fingerprint density at radius 1 is 1.10 bits per heavy atom. The number of fused-ring (bicyclic) bond motifs is 2. The number of hydrogen-bond acceptors (Lipinski definition) is 6. The summed E-state index contributed by atoms with van der Waals surface area (Å²) < 4.78 is 34.0. The van der Waals surface area contributed by atoms with Crippen molar-refractivity contribution in [2.24, 2.45) is 0 Å². The lowest BCUT2D eigenvalue weighted by atomic mass is 9.86. The Morgan fingerprint density at radius 3 is 2.62 bits per heavy atom. The molecule has 2 fully saturated rings. The molecule has 2 aromatic carbocycles. The molecule has 3 aromatic rings. The molecule has 10 heteroatoms. The smallest absolute Gasteiger partial charge is 0.272 e. The molecule has 3 aliphatic rings. The van der Waals surface area contributed by atoms with E-state index in [9.17, 15) is 18.4 Å². The molecule has 1 aromatic heterocycles. The highest BCUT2D eigenvalue weighted by molar-refractivity contribution is 6.07. The van der Waals surface area contributed by atoms with E-state index in [-0.39, 0.29) is 30.7 Å². The maximum atomic E-state index is 13.5.